The van der Waals surface area contributed by atoms with E-state index in [0.29, 0.717) is 17.2 Å². The van der Waals surface area contributed by atoms with Crippen molar-refractivity contribution in [3.63, 3.8) is 0 Å². The SMILES string of the molecule is Cc1nc(C(=O)N2CCN(C(=O)c3cn4nc(-c5ccc(F)cc5)cc(C(C)(C)C)c4n3)C(C)(C)C2)nn1COP(=O)(OC(C)(C)C)OC(C)(C)C. The van der Waals surface area contributed by atoms with E-state index in [4.69, 9.17) is 23.7 Å². The molecule has 1 fully saturated rings. The van der Waals surface area contributed by atoms with Gasteiger partial charge in [-0.25, -0.2) is 28.1 Å². The molecule has 14 nitrogen and oxygen atoms in total. The van der Waals surface area contributed by atoms with E-state index in [2.05, 4.69) is 30.9 Å². The lowest BCUT2D eigenvalue weighted by atomic mass is 9.87. The van der Waals surface area contributed by atoms with E-state index in [1.54, 1.807) is 81.1 Å². The fraction of sp³-hybridized carbons (Fsp3) is 0.556. The number of hydrogen-bond donors (Lipinski definition) is 0. The van der Waals surface area contributed by atoms with Crippen LogP contribution in [0.3, 0.4) is 0 Å². The van der Waals surface area contributed by atoms with Gasteiger partial charge in [0.05, 0.1) is 28.6 Å². The molecule has 0 unspecified atom stereocenters. The van der Waals surface area contributed by atoms with Crippen LogP contribution in [0.2, 0.25) is 0 Å². The molecule has 1 aromatic carbocycles. The van der Waals surface area contributed by atoms with Crippen LogP contribution in [0.4, 0.5) is 4.39 Å². The maximum atomic E-state index is 14.1. The van der Waals surface area contributed by atoms with Gasteiger partial charge in [0.25, 0.3) is 11.8 Å². The highest BCUT2D eigenvalue weighted by Crippen LogP contribution is 2.55. The number of aromatic nitrogens is 6. The van der Waals surface area contributed by atoms with Gasteiger partial charge in [0.1, 0.15) is 17.3 Å². The van der Waals surface area contributed by atoms with E-state index in [0.717, 1.165) is 11.1 Å². The standard InChI is InChI=1S/C36H50FN8O6P/c1-23-38-29(41-45(23)22-49-52(48,50-34(5,6)7)51-35(8,9)10)32(47)42-17-18-43(36(11,12)21-42)31(46)28-20-44-30(39-28)26(33(2,3)4)19-27(40-44)24-13-15-25(37)16-14-24/h13-16,19-20H,17-18,21-22H2,1-12H3. The molecule has 4 aromatic rings. The number of carbonyl (C=O) groups is 2. The van der Waals surface area contributed by atoms with Gasteiger partial charge in [-0.3, -0.25) is 23.2 Å². The van der Waals surface area contributed by atoms with Crippen molar-refractivity contribution in [3.05, 3.63) is 65.3 Å². The minimum absolute atomic E-state index is 0.0573. The van der Waals surface area contributed by atoms with Gasteiger partial charge in [-0.05, 0) is 98.1 Å². The number of fused-ring (bicyclic) bond motifs is 1. The number of benzene rings is 1. The Kier molecular flexibility index (Phi) is 10.4. The van der Waals surface area contributed by atoms with E-state index in [-0.39, 0.29) is 55.0 Å². The van der Waals surface area contributed by atoms with Crippen LogP contribution in [0.25, 0.3) is 16.9 Å². The maximum absolute atomic E-state index is 14.1. The third-order valence-corrected chi connectivity index (χ3v) is 10.2. The molecule has 1 aliphatic heterocycles. The number of aryl methyl sites for hydroxylation is 1. The monoisotopic (exact) mass is 740 g/mol. The van der Waals surface area contributed by atoms with Crippen molar-refractivity contribution >= 4 is 25.3 Å². The van der Waals surface area contributed by atoms with Gasteiger partial charge in [-0.1, -0.05) is 20.8 Å². The van der Waals surface area contributed by atoms with Gasteiger partial charge < -0.3 is 9.80 Å². The molecular formula is C36H50FN8O6P. The predicted molar refractivity (Wildman–Crippen MR) is 193 cm³/mol. The molecule has 1 aliphatic rings. The number of halogens is 1. The number of amides is 2. The summed E-state index contributed by atoms with van der Waals surface area (Å²) >= 11 is 0. The lowest BCUT2D eigenvalue weighted by molar-refractivity contribution is -0.00793. The van der Waals surface area contributed by atoms with Gasteiger partial charge in [-0.2, -0.15) is 5.10 Å². The third kappa shape index (κ3) is 8.94. The van der Waals surface area contributed by atoms with Gasteiger partial charge >= 0.3 is 7.82 Å². The van der Waals surface area contributed by atoms with E-state index in [1.807, 2.05) is 19.9 Å². The van der Waals surface area contributed by atoms with Crippen molar-refractivity contribution in [1.29, 1.82) is 0 Å². The molecule has 0 bridgehead atoms. The molecule has 5 rings (SSSR count). The molecule has 0 spiro atoms. The average Bonchev–Trinajstić information content (AvgIpc) is 3.59. The Morgan fingerprint density at radius 2 is 1.52 bits per heavy atom. The summed E-state index contributed by atoms with van der Waals surface area (Å²) in [7, 11) is -4.03. The summed E-state index contributed by atoms with van der Waals surface area (Å²) in [5.74, 6) is -0.735. The number of rotatable bonds is 8. The van der Waals surface area contributed by atoms with Crippen molar-refractivity contribution in [2.75, 3.05) is 19.6 Å². The Balaban J connectivity index is 1.32. The van der Waals surface area contributed by atoms with Crippen LogP contribution in [-0.2, 0) is 30.3 Å². The quantitative estimate of drug-likeness (QED) is 0.176. The number of imidazole rings is 1. The minimum Gasteiger partial charge on any atom is -0.332 e. The summed E-state index contributed by atoms with van der Waals surface area (Å²) in [6.07, 6.45) is 1.62. The van der Waals surface area contributed by atoms with Crippen molar-refractivity contribution in [3.8, 4) is 11.3 Å². The molecule has 0 atom stereocenters. The fourth-order valence-corrected chi connectivity index (χ4v) is 7.61. The summed E-state index contributed by atoms with van der Waals surface area (Å²) in [5.41, 5.74) is 0.289. The summed E-state index contributed by atoms with van der Waals surface area (Å²) in [5, 5.41) is 9.08. The highest BCUT2D eigenvalue weighted by molar-refractivity contribution is 7.48. The first kappa shape index (κ1) is 39.2. The van der Waals surface area contributed by atoms with Crippen LogP contribution in [-0.4, -0.2) is 87.4 Å². The number of carbonyl (C=O) groups excluding carboxylic acids is 2. The van der Waals surface area contributed by atoms with E-state index in [1.165, 1.54) is 16.8 Å². The number of nitrogens with zero attached hydrogens (tertiary/aromatic N) is 8. The summed E-state index contributed by atoms with van der Waals surface area (Å²) in [6.45, 7) is 22.4. The Morgan fingerprint density at radius 1 is 0.904 bits per heavy atom. The van der Waals surface area contributed by atoms with Crippen LogP contribution in [0.15, 0.2) is 36.5 Å². The lowest BCUT2D eigenvalue weighted by Crippen LogP contribution is -2.62. The topological polar surface area (TPSA) is 146 Å². The summed E-state index contributed by atoms with van der Waals surface area (Å²) in [4.78, 5) is 40.2. The molecule has 0 saturated carbocycles. The van der Waals surface area contributed by atoms with E-state index >= 15 is 0 Å². The first-order chi connectivity index (χ1) is 23.8. The van der Waals surface area contributed by atoms with E-state index in [9.17, 15) is 18.5 Å². The molecule has 2 amide bonds. The largest absolute Gasteiger partial charge is 0.477 e. The van der Waals surface area contributed by atoms with Crippen LogP contribution in [0, 0.1) is 12.7 Å². The normalized spacial score (nSPS) is 15.8. The minimum atomic E-state index is -4.03. The number of phosphoric ester groups is 1. The highest BCUT2D eigenvalue weighted by atomic mass is 31.2. The molecule has 4 heterocycles. The van der Waals surface area contributed by atoms with Crippen LogP contribution >= 0.6 is 7.82 Å². The fourth-order valence-electron chi connectivity index (χ4n) is 5.88. The Morgan fingerprint density at radius 3 is 2.08 bits per heavy atom. The van der Waals surface area contributed by atoms with Gasteiger partial charge in [-0.15, -0.1) is 5.10 Å². The van der Waals surface area contributed by atoms with Gasteiger partial charge in [0.15, 0.2) is 12.4 Å². The second-order valence-corrected chi connectivity index (χ2v) is 18.2. The van der Waals surface area contributed by atoms with Crippen molar-refractivity contribution < 1.29 is 32.1 Å². The van der Waals surface area contributed by atoms with E-state index < -0.39 is 30.5 Å². The van der Waals surface area contributed by atoms with Gasteiger partial charge in [0, 0.05) is 30.8 Å². The Bertz CT molecular complexity index is 2000. The summed E-state index contributed by atoms with van der Waals surface area (Å²) in [6, 6.07) is 8.04. The molecule has 3 aromatic heterocycles. The average molecular weight is 741 g/mol. The Labute approximate surface area is 304 Å². The molecule has 16 heteroatoms. The summed E-state index contributed by atoms with van der Waals surface area (Å²) < 4.78 is 47.1. The molecule has 282 valence electrons. The Hall–Kier alpha value is -4.04. The molecule has 0 aliphatic carbocycles. The zero-order valence-corrected chi connectivity index (χ0v) is 33.0. The van der Waals surface area contributed by atoms with Crippen molar-refractivity contribution in [1.82, 2.24) is 39.2 Å². The van der Waals surface area contributed by atoms with Crippen LogP contribution in [0.5, 0.6) is 0 Å². The van der Waals surface area contributed by atoms with Crippen molar-refractivity contribution in [2.45, 2.75) is 112 Å². The van der Waals surface area contributed by atoms with Crippen LogP contribution in [0.1, 0.15) is 109 Å². The second kappa shape index (κ2) is 13.7. The predicted octanol–water partition coefficient (Wildman–Crippen LogP) is 6.82. The first-order valence-electron chi connectivity index (χ1n) is 17.2. The highest BCUT2D eigenvalue weighted by Gasteiger charge is 2.41. The smallest absolute Gasteiger partial charge is 0.332 e. The second-order valence-electron chi connectivity index (χ2n) is 16.7. The maximum Gasteiger partial charge on any atom is 0.477 e. The number of piperazine rings is 1. The molecular weight excluding hydrogens is 690 g/mol. The molecule has 52 heavy (non-hydrogen) atoms. The first-order valence-corrected chi connectivity index (χ1v) is 18.7. The number of hydrogen-bond acceptors (Lipinski definition) is 10. The number of phosphoric acid groups is 1. The molecule has 0 radical (unpaired) electrons. The zero-order valence-electron chi connectivity index (χ0n) is 32.1. The molecule has 1 saturated heterocycles. The van der Waals surface area contributed by atoms with Crippen LogP contribution < -0.4 is 0 Å². The third-order valence-electron chi connectivity index (χ3n) is 8.18. The lowest BCUT2D eigenvalue weighted by Gasteiger charge is -2.46. The molecule has 0 N–H and O–H groups in total. The zero-order chi connectivity index (χ0) is 38.6. The van der Waals surface area contributed by atoms with Crippen molar-refractivity contribution in [2.24, 2.45) is 0 Å². The van der Waals surface area contributed by atoms with Gasteiger partial charge in [0.2, 0.25) is 5.82 Å².